The number of carboxylic acid groups (broad SMARTS) is 1. The molecule has 2 fully saturated rings. The van der Waals surface area contributed by atoms with Crippen LogP contribution < -0.4 is 21.3 Å². The van der Waals surface area contributed by atoms with Crippen LogP contribution in [-0.2, 0) is 35.1 Å². The summed E-state index contributed by atoms with van der Waals surface area (Å²) in [6, 6.07) is 5.89. The topological polar surface area (TPSA) is 220 Å². The molecule has 2 aliphatic heterocycles. The van der Waals surface area contributed by atoms with Gasteiger partial charge in [0.2, 0.25) is 11.8 Å². The van der Waals surface area contributed by atoms with Gasteiger partial charge < -0.3 is 45.4 Å². The van der Waals surface area contributed by atoms with Gasteiger partial charge in [-0.05, 0) is 89.1 Å². The molecule has 2 unspecified atom stereocenters. The molecule has 0 bridgehead atoms. The Hall–Kier alpha value is -4.00. The Bertz CT molecular complexity index is 1880. The molecule has 0 saturated carbocycles. The largest absolute Gasteiger partial charge is 0.481 e. The highest BCUT2D eigenvalue weighted by molar-refractivity contribution is 7.09. The average Bonchev–Trinajstić information content (AvgIpc) is 3.86. The van der Waals surface area contributed by atoms with Crippen molar-refractivity contribution in [1.82, 2.24) is 25.4 Å². The maximum Gasteiger partial charge on any atom is 0.309 e. The molecule has 4 rings (SSSR count). The number of carboxylic acids is 1. The molecule has 2 aliphatic rings. The number of aliphatic hydroxyl groups excluding tert-OH is 1. The summed E-state index contributed by atoms with van der Waals surface area (Å²) >= 11 is 1.19. The van der Waals surface area contributed by atoms with Crippen molar-refractivity contribution in [2.75, 3.05) is 44.7 Å². The first kappa shape index (κ1) is 54.6. The number of aliphatic hydroxyl groups is 1. The summed E-state index contributed by atoms with van der Waals surface area (Å²) in [6.45, 7) is 16.2. The highest BCUT2D eigenvalue weighted by atomic mass is 32.1. The number of carbonyl (C=O) groups is 5. The summed E-state index contributed by atoms with van der Waals surface area (Å²) in [5.41, 5.74) is 5.82. The number of ether oxygens (including phenoxy) is 2. The van der Waals surface area contributed by atoms with E-state index in [1.807, 2.05) is 4.90 Å². The second kappa shape index (κ2) is 25.9. The number of piperidine rings is 1. The van der Waals surface area contributed by atoms with Gasteiger partial charge in [-0.25, -0.2) is 4.98 Å². The number of aromatic nitrogens is 1. The van der Waals surface area contributed by atoms with Crippen LogP contribution in [0.15, 0.2) is 29.6 Å². The molecule has 2 saturated heterocycles. The van der Waals surface area contributed by atoms with Crippen molar-refractivity contribution in [3.05, 3.63) is 45.9 Å². The maximum atomic E-state index is 15.0. The van der Waals surface area contributed by atoms with E-state index < -0.39 is 41.4 Å². The highest BCUT2D eigenvalue weighted by Gasteiger charge is 2.49. The van der Waals surface area contributed by atoms with Crippen LogP contribution in [0.2, 0.25) is 0 Å². The molecule has 3 amide bonds. The van der Waals surface area contributed by atoms with Crippen LogP contribution >= 0.6 is 11.3 Å². The number of likely N-dealkylation sites (tertiary alicyclic amines) is 1. The van der Waals surface area contributed by atoms with Crippen LogP contribution in [0, 0.1) is 17.3 Å². The van der Waals surface area contributed by atoms with Crippen molar-refractivity contribution in [3.63, 3.8) is 0 Å². The van der Waals surface area contributed by atoms with Gasteiger partial charge >= 0.3 is 11.9 Å². The fourth-order valence-electron chi connectivity index (χ4n) is 9.04. The number of epoxide rings is 1. The number of nitrogens with zero attached hydrogens (tertiary/aromatic N) is 4. The van der Waals surface area contributed by atoms with E-state index in [0.717, 1.165) is 50.6 Å². The third-order valence-corrected chi connectivity index (χ3v) is 14.2. The van der Waals surface area contributed by atoms with Crippen molar-refractivity contribution in [3.8, 4) is 0 Å². The van der Waals surface area contributed by atoms with Gasteiger partial charge in [0, 0.05) is 55.6 Å². The normalized spacial score (nSPS) is 19.9. The number of likely N-dealkylation sites (N-methyl/N-ethyl adjacent to an activating group) is 1. The summed E-state index contributed by atoms with van der Waals surface area (Å²) < 4.78 is 12.2. The molecule has 17 heteroatoms. The highest BCUT2D eigenvalue weighted by Crippen LogP contribution is 2.35. The van der Waals surface area contributed by atoms with Crippen LogP contribution in [0.1, 0.15) is 147 Å². The number of aliphatic carboxylic acids is 1. The number of anilines is 1. The third-order valence-electron chi connectivity index (χ3n) is 13.3. The van der Waals surface area contributed by atoms with E-state index in [-0.39, 0.29) is 86.7 Å². The number of nitrogens with two attached hydrogens (primary N) is 1. The van der Waals surface area contributed by atoms with E-state index >= 15 is 4.79 Å². The molecule has 3 heterocycles. The Morgan fingerprint density at radius 3 is 2.36 bits per heavy atom. The van der Waals surface area contributed by atoms with Gasteiger partial charge in [0.15, 0.2) is 6.10 Å². The third kappa shape index (κ3) is 15.5. The van der Waals surface area contributed by atoms with E-state index in [0.29, 0.717) is 23.3 Å². The quantitative estimate of drug-likeness (QED) is 0.0381. The van der Waals surface area contributed by atoms with Crippen molar-refractivity contribution >= 4 is 46.7 Å². The Labute approximate surface area is 396 Å². The van der Waals surface area contributed by atoms with Gasteiger partial charge in [-0.15, -0.1) is 11.3 Å². The van der Waals surface area contributed by atoms with Crippen molar-refractivity contribution < 1.29 is 43.7 Å². The smallest absolute Gasteiger partial charge is 0.309 e. The number of benzene rings is 1. The molecule has 1 aromatic heterocycles. The van der Waals surface area contributed by atoms with Gasteiger partial charge in [0.05, 0.1) is 24.6 Å². The SMILES string of the molecule is CCCCCCN(C(=O)[C@@H](NC1OC1[C@H]1CCCCN1C)[C@@H](C)CC)[C@H](C[C@@H](OC(C)=O)c1nc(C(=O)N[C@@H](Cc2ccc(N(CCO)C(=O)CN)cc2)CC(C)(C)C(=O)O)cs1)C(C)C. The number of hydrogen-bond donors (Lipinski definition) is 5. The molecule has 66 heavy (non-hydrogen) atoms. The number of unbranched alkanes of at least 4 members (excludes halogenated alkanes) is 3. The van der Waals surface area contributed by atoms with Crippen LogP contribution in [0.3, 0.4) is 0 Å². The lowest BCUT2D eigenvalue weighted by Crippen LogP contribution is -2.56. The van der Waals surface area contributed by atoms with Crippen molar-refractivity contribution in [2.45, 2.75) is 169 Å². The number of hydrogen-bond acceptors (Lipinski definition) is 13. The molecule has 370 valence electrons. The molecule has 0 radical (unpaired) electrons. The fourth-order valence-corrected chi connectivity index (χ4v) is 9.88. The zero-order valence-electron chi connectivity index (χ0n) is 40.9. The van der Waals surface area contributed by atoms with Crippen LogP contribution in [0.5, 0.6) is 0 Å². The van der Waals surface area contributed by atoms with E-state index in [9.17, 15) is 29.4 Å². The van der Waals surface area contributed by atoms with Gasteiger partial charge in [-0.3, -0.25) is 29.3 Å². The van der Waals surface area contributed by atoms with Gasteiger partial charge in [0.25, 0.3) is 5.91 Å². The number of nitrogens with one attached hydrogen (secondary N) is 2. The minimum Gasteiger partial charge on any atom is -0.481 e. The maximum absolute atomic E-state index is 15.0. The van der Waals surface area contributed by atoms with Gasteiger partial charge in [-0.1, -0.05) is 78.9 Å². The first-order chi connectivity index (χ1) is 31.3. The Kier molecular flexibility index (Phi) is 21.5. The summed E-state index contributed by atoms with van der Waals surface area (Å²) in [4.78, 5) is 77.0. The average molecular weight is 942 g/mol. The summed E-state index contributed by atoms with van der Waals surface area (Å²) in [5.74, 6) is -2.38. The molecule has 0 spiro atoms. The summed E-state index contributed by atoms with van der Waals surface area (Å²) in [7, 11) is 2.15. The predicted molar refractivity (Wildman–Crippen MR) is 257 cm³/mol. The van der Waals surface area contributed by atoms with E-state index in [4.69, 9.17) is 20.2 Å². The Morgan fingerprint density at radius 2 is 1.77 bits per heavy atom. The molecule has 1 aromatic carbocycles. The Morgan fingerprint density at radius 1 is 1.06 bits per heavy atom. The molecule has 6 N–H and O–H groups in total. The van der Waals surface area contributed by atoms with Gasteiger partial charge in [0.1, 0.15) is 23.0 Å². The standard InChI is InChI=1S/C49H79N7O9S/c1-10-12-13-15-23-56(47(61)42(32(5)11-2)53-45-43(65-45)38-17-14-16-22-54(38)9)39(31(3)4)27-40(64-33(6)58)46-52-37(30-66-46)44(60)51-35(28-49(7,8)48(62)63)26-34-18-20-36(21-19-34)55(24-25-57)41(59)29-50/h18-21,30-32,35,38-40,42-43,45,53,57H,10-17,22-29,50H2,1-9H3,(H,51,60)(H,62,63)/t32-,35-,38+,39+,40+,42-,43?,45?/m0/s1. The lowest BCUT2D eigenvalue weighted by molar-refractivity contribution is -0.149. The zero-order valence-corrected chi connectivity index (χ0v) is 41.7. The molecular weight excluding hydrogens is 863 g/mol. The van der Waals surface area contributed by atoms with Crippen molar-refractivity contribution in [2.24, 2.45) is 23.0 Å². The number of thiazole rings is 1. The first-order valence-corrected chi connectivity index (χ1v) is 25.0. The summed E-state index contributed by atoms with van der Waals surface area (Å²) in [5, 5.41) is 28.2. The van der Waals surface area contributed by atoms with Crippen LogP contribution in [0.25, 0.3) is 0 Å². The van der Waals surface area contributed by atoms with Crippen molar-refractivity contribution in [1.29, 1.82) is 0 Å². The predicted octanol–water partition coefficient (Wildman–Crippen LogP) is 5.91. The minimum atomic E-state index is -1.19. The fraction of sp³-hybridized carbons (Fsp3) is 0.714. The Balaban J connectivity index is 1.59. The second-order valence-corrected chi connectivity index (χ2v) is 20.2. The summed E-state index contributed by atoms with van der Waals surface area (Å²) in [6.07, 6.45) is 7.74. The van der Waals surface area contributed by atoms with Crippen LogP contribution in [0.4, 0.5) is 5.69 Å². The van der Waals surface area contributed by atoms with Gasteiger partial charge in [-0.2, -0.15) is 0 Å². The lowest BCUT2D eigenvalue weighted by Gasteiger charge is -2.39. The molecule has 16 nitrogen and oxygen atoms in total. The lowest BCUT2D eigenvalue weighted by atomic mass is 9.84. The number of rotatable bonds is 28. The van der Waals surface area contributed by atoms with E-state index in [2.05, 4.69) is 57.2 Å². The van der Waals surface area contributed by atoms with E-state index in [1.165, 1.54) is 36.0 Å². The second-order valence-electron chi connectivity index (χ2n) is 19.3. The number of amides is 3. The monoisotopic (exact) mass is 942 g/mol. The number of carbonyl (C=O) groups excluding carboxylic acids is 4. The molecule has 2 aromatic rings. The molecule has 8 atom stereocenters. The van der Waals surface area contributed by atoms with Crippen LogP contribution in [-0.4, -0.2) is 131 Å². The molecule has 0 aliphatic carbocycles. The molecular formula is C49H79N7O9S. The first-order valence-electron chi connectivity index (χ1n) is 24.1. The minimum absolute atomic E-state index is 0.00285. The number of esters is 1. The van der Waals surface area contributed by atoms with E-state index in [1.54, 1.807) is 43.5 Å². The zero-order chi connectivity index (χ0) is 48.7.